The van der Waals surface area contributed by atoms with E-state index in [1.807, 2.05) is 0 Å². The molecule has 0 aliphatic heterocycles. The third-order valence-electron chi connectivity index (χ3n) is 0.854. The monoisotopic (exact) mass is 242 g/mol. The number of hydrogen-bond donors (Lipinski definition) is 0. The van der Waals surface area contributed by atoms with Gasteiger partial charge in [0, 0.05) is 0 Å². The minimum Gasteiger partial charge on any atom is -0.147 e. The smallest absolute Gasteiger partial charge is 0.147 e. The molecule has 0 nitrogen and oxygen atoms in total. The molecule has 0 N–H and O–H groups in total. The van der Waals surface area contributed by atoms with Crippen LogP contribution in [0.4, 0.5) is 0 Å². The van der Waals surface area contributed by atoms with Gasteiger partial charge in [-0.25, -0.2) is 0 Å². The molecule has 2 radical (unpaired) electrons. The zero-order chi connectivity index (χ0) is 5.54. The van der Waals surface area contributed by atoms with Crippen molar-refractivity contribution in [2.24, 2.45) is 0 Å². The number of halogens is 1. The topological polar surface area (TPSA) is 0 Å². The van der Waals surface area contributed by atoms with Crippen LogP contribution in [0.2, 0.25) is 8.87 Å². The molecule has 8 heavy (non-hydrogen) atoms. The van der Waals surface area contributed by atoms with Gasteiger partial charge in [-0.15, -0.1) is 12.4 Å². The second-order valence-electron chi connectivity index (χ2n) is 1.75. The fourth-order valence-corrected chi connectivity index (χ4v) is 3.21. The van der Waals surface area contributed by atoms with E-state index in [0.717, 1.165) is 0 Å². The summed E-state index contributed by atoms with van der Waals surface area (Å²) in [5.74, 6) is 0. The number of rotatable bonds is 4. The van der Waals surface area contributed by atoms with Crippen molar-refractivity contribution in [2.75, 3.05) is 0 Å². The summed E-state index contributed by atoms with van der Waals surface area (Å²) in [5.41, 5.74) is 0. The van der Waals surface area contributed by atoms with E-state index in [2.05, 4.69) is 13.8 Å². The molecule has 0 aromatic rings. The minimum atomic E-state index is 0. The van der Waals surface area contributed by atoms with Crippen LogP contribution >= 0.6 is 12.4 Å². The molecule has 0 fully saturated rings. The molecule has 0 saturated carbocycles. The van der Waals surface area contributed by atoms with Crippen LogP contribution in [0.25, 0.3) is 0 Å². The second kappa shape index (κ2) is 11.0. The molecule has 50 valence electrons. The van der Waals surface area contributed by atoms with E-state index >= 15 is 0 Å². The quantitative estimate of drug-likeness (QED) is 0.524. The Bertz CT molecular complexity index is 27.7. The molecule has 0 aliphatic carbocycles. The van der Waals surface area contributed by atoms with Gasteiger partial charge < -0.3 is 0 Å². The van der Waals surface area contributed by atoms with Gasteiger partial charge in [-0.3, -0.25) is 0 Å². The van der Waals surface area contributed by atoms with Crippen molar-refractivity contribution in [3.8, 4) is 0 Å². The Balaban J connectivity index is 0. The SMILES string of the molecule is CC[CH2][Sn][CH2]CC.Cl. The third-order valence-corrected chi connectivity index (χ3v) is 5.73. The molecule has 0 aliphatic rings. The largest absolute Gasteiger partial charge is 0.147 e. The summed E-state index contributed by atoms with van der Waals surface area (Å²) in [6, 6.07) is 0. The zero-order valence-electron chi connectivity index (χ0n) is 5.74. The summed E-state index contributed by atoms with van der Waals surface area (Å²) in [6.45, 7) is 4.58. The molecular weight excluding hydrogens is 226 g/mol. The van der Waals surface area contributed by atoms with Crippen LogP contribution in [0.1, 0.15) is 26.7 Å². The van der Waals surface area contributed by atoms with E-state index in [0.29, 0.717) is 0 Å². The van der Waals surface area contributed by atoms with Crippen LogP contribution in [-0.4, -0.2) is 21.1 Å². The van der Waals surface area contributed by atoms with E-state index in [-0.39, 0.29) is 33.5 Å². The minimum absolute atomic E-state index is 0. The normalized spacial score (nSPS) is 8.25. The van der Waals surface area contributed by atoms with Crippen LogP contribution in [0.3, 0.4) is 0 Å². The van der Waals surface area contributed by atoms with Gasteiger partial charge >= 0.3 is 56.7 Å². The van der Waals surface area contributed by atoms with E-state index in [9.17, 15) is 0 Å². The molecule has 0 aromatic carbocycles. The molecule has 0 amide bonds. The molecule has 0 saturated heterocycles. The van der Waals surface area contributed by atoms with Gasteiger partial charge in [-0.2, -0.15) is 0 Å². The maximum atomic E-state index is 2.29. The summed E-state index contributed by atoms with van der Waals surface area (Å²) in [7, 11) is 0. The van der Waals surface area contributed by atoms with Gasteiger partial charge in [0.05, 0.1) is 0 Å². The van der Waals surface area contributed by atoms with Gasteiger partial charge in [0.1, 0.15) is 0 Å². The molecule has 0 heterocycles. The molecule has 2 heteroatoms. The van der Waals surface area contributed by atoms with Crippen LogP contribution in [0.5, 0.6) is 0 Å². The third kappa shape index (κ3) is 10.1. The fourth-order valence-electron chi connectivity index (χ4n) is 0.479. The van der Waals surface area contributed by atoms with E-state index in [1.165, 1.54) is 12.8 Å². The van der Waals surface area contributed by atoms with Gasteiger partial charge in [-0.05, 0) is 0 Å². The van der Waals surface area contributed by atoms with Crippen LogP contribution < -0.4 is 0 Å². The zero-order valence-corrected chi connectivity index (χ0v) is 9.41. The summed E-state index contributed by atoms with van der Waals surface area (Å²) in [5, 5.41) is 0. The van der Waals surface area contributed by atoms with Crippen LogP contribution in [-0.2, 0) is 0 Å². The number of hydrogen-bond acceptors (Lipinski definition) is 0. The van der Waals surface area contributed by atoms with E-state index in [1.54, 1.807) is 8.87 Å². The maximum Gasteiger partial charge on any atom is -0.147 e. The maximum absolute atomic E-state index is 2.29. The van der Waals surface area contributed by atoms with Crippen molar-refractivity contribution >= 4 is 33.5 Å². The van der Waals surface area contributed by atoms with E-state index < -0.39 is 0 Å². The molecule has 0 spiro atoms. The first-order valence-corrected chi connectivity index (χ1v) is 7.16. The van der Waals surface area contributed by atoms with Gasteiger partial charge in [0.25, 0.3) is 0 Å². The predicted octanol–water partition coefficient (Wildman–Crippen LogP) is 2.77. The molecule has 0 bridgehead atoms. The first-order chi connectivity index (χ1) is 3.41. The Labute approximate surface area is 69.1 Å². The summed E-state index contributed by atoms with van der Waals surface area (Å²) in [4.78, 5) is 0. The second-order valence-corrected chi connectivity index (χ2v) is 6.03. The van der Waals surface area contributed by atoms with Gasteiger partial charge in [0.2, 0.25) is 0 Å². The average Bonchev–Trinajstić information content (AvgIpc) is 1.69. The molecule has 0 unspecified atom stereocenters. The Hall–Kier alpha value is 1.09. The van der Waals surface area contributed by atoms with Crippen molar-refractivity contribution < 1.29 is 0 Å². The molecule has 0 atom stereocenters. The van der Waals surface area contributed by atoms with Crippen molar-refractivity contribution in [1.82, 2.24) is 0 Å². The summed E-state index contributed by atoms with van der Waals surface area (Å²) >= 11 is 0.181. The first-order valence-electron chi connectivity index (χ1n) is 3.12. The Kier molecular flexibility index (Phi) is 16.2. The molecular formula is C6H15ClSn. The summed E-state index contributed by atoms with van der Waals surface area (Å²) < 4.78 is 3.19. The Morgan fingerprint density at radius 3 is 1.62 bits per heavy atom. The Morgan fingerprint density at radius 1 is 1.00 bits per heavy atom. The van der Waals surface area contributed by atoms with Crippen LogP contribution in [0, 0.1) is 0 Å². The van der Waals surface area contributed by atoms with Gasteiger partial charge in [-0.1, -0.05) is 0 Å². The van der Waals surface area contributed by atoms with Crippen LogP contribution in [0.15, 0.2) is 0 Å². The predicted molar refractivity (Wildman–Crippen MR) is 43.2 cm³/mol. The molecule has 0 rings (SSSR count). The fraction of sp³-hybridized carbons (Fsp3) is 1.00. The molecule has 0 aromatic heterocycles. The summed E-state index contributed by atoms with van der Waals surface area (Å²) in [6.07, 6.45) is 2.87. The van der Waals surface area contributed by atoms with Crippen molar-refractivity contribution in [2.45, 2.75) is 35.6 Å². The van der Waals surface area contributed by atoms with E-state index in [4.69, 9.17) is 0 Å². The van der Waals surface area contributed by atoms with Crippen molar-refractivity contribution in [1.29, 1.82) is 0 Å². The Morgan fingerprint density at radius 2 is 1.38 bits per heavy atom. The standard InChI is InChI=1S/2C3H7.ClH.Sn/c2*1-3-2;;/h2*1,3H2,2H3;1H;. The average molecular weight is 241 g/mol. The van der Waals surface area contributed by atoms with Crippen molar-refractivity contribution in [3.63, 3.8) is 0 Å². The van der Waals surface area contributed by atoms with Crippen molar-refractivity contribution in [3.05, 3.63) is 0 Å². The van der Waals surface area contributed by atoms with Gasteiger partial charge in [0.15, 0.2) is 0 Å². The first kappa shape index (κ1) is 11.8.